The molecule has 344 valence electrons. The molecule has 0 aromatic heterocycles. The van der Waals surface area contributed by atoms with Gasteiger partial charge in [0.05, 0.1) is 0 Å². The van der Waals surface area contributed by atoms with E-state index in [1.807, 2.05) is 0 Å². The van der Waals surface area contributed by atoms with E-state index in [1.165, 1.54) is 142 Å². The maximum Gasteiger partial charge on any atom is -0.00262 e. The van der Waals surface area contributed by atoms with Gasteiger partial charge in [-0.2, -0.15) is 0 Å². The Morgan fingerprint density at radius 1 is 0.122 bits per heavy atom. The van der Waals surface area contributed by atoms with Crippen molar-refractivity contribution in [3.63, 3.8) is 0 Å². The van der Waals surface area contributed by atoms with Crippen LogP contribution in [0.2, 0.25) is 0 Å². The minimum atomic E-state index is 1.25. The van der Waals surface area contributed by atoms with Gasteiger partial charge in [0.15, 0.2) is 0 Å². The van der Waals surface area contributed by atoms with Gasteiger partial charge in [0.25, 0.3) is 0 Å². The van der Waals surface area contributed by atoms with Crippen LogP contribution in [0.3, 0.4) is 0 Å². The second-order valence-corrected chi connectivity index (χ2v) is 19.5. The molecular weight excluding hydrogens is 889 g/mol. The molecule has 0 amide bonds. The second kappa shape index (κ2) is 18.2. The maximum absolute atomic E-state index is 2.36. The molecule has 0 spiro atoms. The van der Waals surface area contributed by atoms with E-state index in [0.717, 1.165) is 0 Å². The smallest absolute Gasteiger partial charge is 0.00262 e. The van der Waals surface area contributed by atoms with E-state index < -0.39 is 0 Å². The third-order valence-corrected chi connectivity index (χ3v) is 15.2. The fourth-order valence-electron chi connectivity index (χ4n) is 11.7. The van der Waals surface area contributed by atoms with Crippen molar-refractivity contribution in [3.8, 4) is 55.6 Å². The topological polar surface area (TPSA) is 0 Å². The predicted molar refractivity (Wildman–Crippen MR) is 320 cm³/mol. The van der Waals surface area contributed by atoms with Gasteiger partial charge in [-0.15, -0.1) is 0 Å². The normalized spacial score (nSPS) is 11.5. The van der Waals surface area contributed by atoms with Crippen molar-refractivity contribution in [2.75, 3.05) is 0 Å². The molecular formula is C74H48. The van der Waals surface area contributed by atoms with Crippen molar-refractivity contribution in [2.45, 2.75) is 0 Å². The summed E-state index contributed by atoms with van der Waals surface area (Å²) >= 11 is 0. The Kier molecular flexibility index (Phi) is 10.6. The molecule has 0 fully saturated rings. The zero-order valence-corrected chi connectivity index (χ0v) is 40.7. The number of rotatable bonds is 5. The third-order valence-electron chi connectivity index (χ3n) is 15.2. The molecule has 0 heteroatoms. The third kappa shape index (κ3) is 7.55. The zero-order chi connectivity index (χ0) is 49.0. The van der Waals surface area contributed by atoms with Gasteiger partial charge in [-0.3, -0.25) is 0 Å². The number of hydrogen-bond donors (Lipinski definition) is 0. The van der Waals surface area contributed by atoms with Gasteiger partial charge >= 0.3 is 0 Å². The van der Waals surface area contributed by atoms with E-state index in [2.05, 4.69) is 291 Å². The summed E-state index contributed by atoms with van der Waals surface area (Å²) in [5, 5.41) is 20.4. The molecule has 0 aliphatic carbocycles. The lowest BCUT2D eigenvalue weighted by Gasteiger charge is -2.18. The molecule has 0 radical (unpaired) electrons. The molecule has 15 aromatic carbocycles. The molecule has 0 bridgehead atoms. The van der Waals surface area contributed by atoms with Crippen LogP contribution < -0.4 is 0 Å². The summed E-state index contributed by atoms with van der Waals surface area (Å²) in [5.41, 5.74) is 12.7. The second-order valence-electron chi connectivity index (χ2n) is 19.5. The fourth-order valence-corrected chi connectivity index (χ4v) is 11.7. The quantitative estimate of drug-likeness (QED) is 0.151. The molecule has 0 N–H and O–H groups in total. The van der Waals surface area contributed by atoms with Gasteiger partial charge < -0.3 is 0 Å². The minimum Gasteiger partial charge on any atom is -0.0622 e. The van der Waals surface area contributed by atoms with Crippen molar-refractivity contribution in [1.29, 1.82) is 0 Å². The maximum atomic E-state index is 2.36. The van der Waals surface area contributed by atoms with Crippen LogP contribution in [0.5, 0.6) is 0 Å². The Bertz CT molecular complexity index is 4400. The highest BCUT2D eigenvalue weighted by Gasteiger charge is 2.19. The van der Waals surface area contributed by atoms with Crippen LogP contribution in [0, 0.1) is 0 Å². The van der Waals surface area contributed by atoms with Gasteiger partial charge in [0.1, 0.15) is 0 Å². The Morgan fingerprint density at radius 3 is 0.622 bits per heavy atom. The molecule has 0 saturated heterocycles. The van der Waals surface area contributed by atoms with Crippen molar-refractivity contribution in [3.05, 3.63) is 291 Å². The Balaban J connectivity index is 0.000000138. The lowest BCUT2D eigenvalue weighted by atomic mass is 9.85. The Hall–Kier alpha value is -9.62. The summed E-state index contributed by atoms with van der Waals surface area (Å²) in [6.07, 6.45) is 0. The first-order valence-corrected chi connectivity index (χ1v) is 25.6. The van der Waals surface area contributed by atoms with Crippen molar-refractivity contribution in [2.24, 2.45) is 0 Å². The highest BCUT2D eigenvalue weighted by molar-refractivity contribution is 6.23. The van der Waals surface area contributed by atoms with Gasteiger partial charge in [0, 0.05) is 0 Å². The average molecular weight is 937 g/mol. The summed E-state index contributed by atoms with van der Waals surface area (Å²) in [7, 11) is 0. The van der Waals surface area contributed by atoms with Crippen LogP contribution >= 0.6 is 0 Å². The van der Waals surface area contributed by atoms with Crippen LogP contribution in [-0.2, 0) is 0 Å². The van der Waals surface area contributed by atoms with Gasteiger partial charge in [-0.1, -0.05) is 261 Å². The Labute approximate surface area is 430 Å². The van der Waals surface area contributed by atoms with Crippen molar-refractivity contribution in [1.82, 2.24) is 0 Å². The van der Waals surface area contributed by atoms with Gasteiger partial charge in [-0.05, 0) is 172 Å². The molecule has 74 heavy (non-hydrogen) atoms. The first-order valence-electron chi connectivity index (χ1n) is 25.6. The van der Waals surface area contributed by atoms with Gasteiger partial charge in [0.2, 0.25) is 0 Å². The highest BCUT2D eigenvalue weighted by Crippen LogP contribution is 2.46. The monoisotopic (exact) mass is 936 g/mol. The SMILES string of the molecule is c1ccc(-c2ccc3cc(-c4c5ccccc5c(-c5ccc6ccccc6c5)c5ccccc45)ccc3c2)cc1.c1ccc2cc(-c3c4ccccc4c(-c4ccc5ccccc5c4)c4ccccc34)ccc2c1. The lowest BCUT2D eigenvalue weighted by Crippen LogP contribution is -1.91. The fraction of sp³-hybridized carbons (Fsp3) is 0. The molecule has 0 atom stereocenters. The summed E-state index contributed by atoms with van der Waals surface area (Å²) in [5.74, 6) is 0. The van der Waals surface area contributed by atoms with Crippen LogP contribution in [0.25, 0.3) is 142 Å². The average Bonchev–Trinajstić information content (AvgIpc) is 3.48. The molecule has 0 heterocycles. The van der Waals surface area contributed by atoms with Crippen LogP contribution in [-0.4, -0.2) is 0 Å². The molecule has 0 aliphatic heterocycles. The number of benzene rings is 15. The predicted octanol–water partition coefficient (Wildman–Crippen LogP) is 20.9. The molecule has 0 nitrogen and oxygen atoms in total. The summed E-state index contributed by atoms with van der Waals surface area (Å²) in [6, 6.07) is 106. The first kappa shape index (κ1) is 43.2. The Morgan fingerprint density at radius 2 is 0.324 bits per heavy atom. The van der Waals surface area contributed by atoms with Gasteiger partial charge in [-0.25, -0.2) is 0 Å². The van der Waals surface area contributed by atoms with E-state index >= 15 is 0 Å². The number of hydrogen-bond acceptors (Lipinski definition) is 0. The summed E-state index contributed by atoms with van der Waals surface area (Å²) in [6.45, 7) is 0. The highest BCUT2D eigenvalue weighted by atomic mass is 14.2. The largest absolute Gasteiger partial charge is 0.0622 e. The summed E-state index contributed by atoms with van der Waals surface area (Å²) < 4.78 is 0. The van der Waals surface area contributed by atoms with E-state index in [9.17, 15) is 0 Å². The van der Waals surface area contributed by atoms with Crippen molar-refractivity contribution >= 4 is 86.2 Å². The minimum absolute atomic E-state index is 1.25. The molecule has 0 unspecified atom stereocenters. The molecule has 15 rings (SSSR count). The zero-order valence-electron chi connectivity index (χ0n) is 40.7. The molecule has 0 aliphatic rings. The summed E-state index contributed by atoms with van der Waals surface area (Å²) in [4.78, 5) is 0. The van der Waals surface area contributed by atoms with E-state index in [-0.39, 0.29) is 0 Å². The lowest BCUT2D eigenvalue weighted by molar-refractivity contribution is 1.64. The van der Waals surface area contributed by atoms with E-state index in [0.29, 0.717) is 0 Å². The van der Waals surface area contributed by atoms with E-state index in [1.54, 1.807) is 0 Å². The molecule has 15 aromatic rings. The van der Waals surface area contributed by atoms with E-state index in [4.69, 9.17) is 0 Å². The first-order chi connectivity index (χ1) is 36.7. The van der Waals surface area contributed by atoms with Crippen LogP contribution in [0.4, 0.5) is 0 Å². The van der Waals surface area contributed by atoms with Crippen molar-refractivity contribution < 1.29 is 0 Å². The molecule has 0 saturated carbocycles. The van der Waals surface area contributed by atoms with Crippen LogP contribution in [0.1, 0.15) is 0 Å². The van der Waals surface area contributed by atoms with Crippen LogP contribution in [0.15, 0.2) is 291 Å². The standard InChI is InChI=1S/C40H26.C34H22/c1-2-10-27(11-3-1)30-19-20-32-26-34(23-21-31(32)24-30)40-37-16-8-6-14-35(37)39(36-15-7-9-17-38(36)40)33-22-18-28-12-4-5-13-29(28)25-33;1-3-11-25-21-27(19-17-23(25)9-1)33-29-13-5-7-15-31(29)34(32-16-8-6-14-30(32)33)28-20-18-24-10-2-4-12-26(24)22-28/h1-26H;1-22H. The number of fused-ring (bicyclic) bond motifs is 8.